The van der Waals surface area contributed by atoms with Crippen LogP contribution >= 0.6 is 22.9 Å². The minimum atomic E-state index is -1.16. The fraction of sp³-hybridized carbons (Fsp3) is 0.370. The zero-order chi connectivity index (χ0) is 27.0. The van der Waals surface area contributed by atoms with E-state index in [-0.39, 0.29) is 30.3 Å². The minimum Gasteiger partial charge on any atom is -0.490 e. The largest absolute Gasteiger partial charge is 0.490 e. The summed E-state index contributed by atoms with van der Waals surface area (Å²) >= 11 is 7.15. The van der Waals surface area contributed by atoms with Crippen molar-refractivity contribution in [1.82, 2.24) is 15.2 Å². The Kier molecular flexibility index (Phi) is 7.30. The molecule has 3 aromatic rings. The Morgan fingerprint density at radius 1 is 1.34 bits per heavy atom. The SMILES string of the molecule is CC(C)(O)c1ncc(-c2cc(F)c(C(=O)NCc3ccc(Cl)cc3)cc2O[C@H]2CCN3C(=O)OC[C@@H]3C2)s1. The summed E-state index contributed by atoms with van der Waals surface area (Å²) in [6.45, 7) is 4.24. The lowest BCUT2D eigenvalue weighted by atomic mass is 10.0. The molecule has 2 amide bonds. The van der Waals surface area contributed by atoms with Gasteiger partial charge in [0.25, 0.3) is 5.91 Å². The van der Waals surface area contributed by atoms with Crippen LogP contribution in [0.1, 0.15) is 47.6 Å². The second kappa shape index (κ2) is 10.5. The molecular weight excluding hydrogens is 533 g/mol. The highest BCUT2D eigenvalue weighted by Gasteiger charge is 2.39. The normalized spacial score (nSPS) is 19.2. The molecule has 38 heavy (non-hydrogen) atoms. The number of halogens is 2. The lowest BCUT2D eigenvalue weighted by Crippen LogP contribution is -2.44. The van der Waals surface area contributed by atoms with Gasteiger partial charge in [0.15, 0.2) is 0 Å². The topological polar surface area (TPSA) is 101 Å². The number of aromatic nitrogens is 1. The summed E-state index contributed by atoms with van der Waals surface area (Å²) < 4.78 is 26.8. The second-order valence-corrected chi connectivity index (χ2v) is 11.4. The Labute approximate surface area is 228 Å². The van der Waals surface area contributed by atoms with Gasteiger partial charge in [-0.05, 0) is 43.7 Å². The van der Waals surface area contributed by atoms with Gasteiger partial charge in [0.2, 0.25) is 0 Å². The van der Waals surface area contributed by atoms with Crippen molar-refractivity contribution in [3.05, 3.63) is 69.6 Å². The van der Waals surface area contributed by atoms with Crippen LogP contribution in [0.3, 0.4) is 0 Å². The number of cyclic esters (lactones) is 1. The highest BCUT2D eigenvalue weighted by molar-refractivity contribution is 7.15. The van der Waals surface area contributed by atoms with Crippen molar-refractivity contribution < 1.29 is 28.6 Å². The van der Waals surface area contributed by atoms with Crippen molar-refractivity contribution in [3.8, 4) is 16.2 Å². The lowest BCUT2D eigenvalue weighted by molar-refractivity contribution is 0.0782. The third-order valence-corrected chi connectivity index (χ3v) is 8.17. The maximum atomic E-state index is 15.3. The number of fused-ring (bicyclic) bond motifs is 1. The van der Waals surface area contributed by atoms with Crippen LogP contribution in [-0.2, 0) is 16.9 Å². The lowest BCUT2D eigenvalue weighted by Gasteiger charge is -2.33. The number of nitrogens with zero attached hydrogens (tertiary/aromatic N) is 2. The van der Waals surface area contributed by atoms with E-state index in [1.165, 1.54) is 23.5 Å². The van der Waals surface area contributed by atoms with Crippen molar-refractivity contribution in [2.45, 2.75) is 51.0 Å². The van der Waals surface area contributed by atoms with Crippen molar-refractivity contribution in [1.29, 1.82) is 0 Å². The molecule has 2 atom stereocenters. The molecule has 2 saturated heterocycles. The number of aliphatic hydroxyl groups is 1. The summed E-state index contributed by atoms with van der Waals surface area (Å²) in [5.41, 5.74) is -0.0564. The van der Waals surface area contributed by atoms with Gasteiger partial charge in [0.1, 0.15) is 34.9 Å². The van der Waals surface area contributed by atoms with E-state index >= 15 is 4.39 Å². The van der Waals surface area contributed by atoms with Gasteiger partial charge >= 0.3 is 6.09 Å². The molecule has 0 spiro atoms. The average molecular weight is 560 g/mol. The third kappa shape index (κ3) is 5.62. The molecule has 5 rings (SSSR count). The predicted octanol–water partition coefficient (Wildman–Crippen LogP) is 5.12. The molecule has 200 valence electrons. The van der Waals surface area contributed by atoms with E-state index < -0.39 is 17.3 Å². The molecule has 8 nitrogen and oxygen atoms in total. The highest BCUT2D eigenvalue weighted by atomic mass is 35.5. The van der Waals surface area contributed by atoms with Crippen LogP contribution in [0.15, 0.2) is 42.6 Å². The van der Waals surface area contributed by atoms with Gasteiger partial charge < -0.3 is 24.8 Å². The smallest absolute Gasteiger partial charge is 0.410 e. The number of hydrogen-bond acceptors (Lipinski definition) is 7. The average Bonchev–Trinajstić information content (AvgIpc) is 3.52. The number of hydrogen-bond donors (Lipinski definition) is 2. The Morgan fingerprint density at radius 2 is 2.11 bits per heavy atom. The first kappa shape index (κ1) is 26.4. The van der Waals surface area contributed by atoms with E-state index in [1.807, 2.05) is 0 Å². The molecule has 0 bridgehead atoms. The summed E-state index contributed by atoms with van der Waals surface area (Å²) in [6, 6.07) is 9.59. The van der Waals surface area contributed by atoms with Gasteiger partial charge in [-0.3, -0.25) is 4.79 Å². The summed E-state index contributed by atoms with van der Waals surface area (Å²) in [5, 5.41) is 14.2. The number of thiazole rings is 1. The van der Waals surface area contributed by atoms with Crippen LogP contribution in [0, 0.1) is 5.82 Å². The molecule has 2 aromatic carbocycles. The van der Waals surface area contributed by atoms with Gasteiger partial charge in [-0.25, -0.2) is 14.2 Å². The van der Waals surface area contributed by atoms with Gasteiger partial charge in [-0.15, -0.1) is 11.3 Å². The minimum absolute atomic E-state index is 0.0857. The van der Waals surface area contributed by atoms with Crippen LogP contribution < -0.4 is 10.1 Å². The number of carbonyl (C=O) groups is 2. The Morgan fingerprint density at radius 3 is 2.82 bits per heavy atom. The van der Waals surface area contributed by atoms with Crippen LogP contribution in [0.5, 0.6) is 5.75 Å². The first-order chi connectivity index (χ1) is 18.1. The molecule has 2 aliphatic rings. The van der Waals surface area contributed by atoms with E-state index in [0.29, 0.717) is 52.2 Å². The number of rotatable bonds is 7. The Balaban J connectivity index is 1.43. The molecule has 2 N–H and O–H groups in total. The third-order valence-electron chi connectivity index (χ3n) is 6.57. The maximum absolute atomic E-state index is 15.3. The van der Waals surface area contributed by atoms with Gasteiger partial charge in [-0.2, -0.15) is 0 Å². The van der Waals surface area contributed by atoms with E-state index in [4.69, 9.17) is 21.1 Å². The van der Waals surface area contributed by atoms with E-state index in [0.717, 1.165) is 5.56 Å². The summed E-state index contributed by atoms with van der Waals surface area (Å²) in [4.78, 5) is 31.5. The molecule has 11 heteroatoms. The summed E-state index contributed by atoms with van der Waals surface area (Å²) in [5.74, 6) is -0.957. The number of ether oxygens (including phenoxy) is 2. The van der Waals surface area contributed by atoms with Crippen molar-refractivity contribution in [2.75, 3.05) is 13.2 Å². The zero-order valence-electron chi connectivity index (χ0n) is 20.9. The zero-order valence-corrected chi connectivity index (χ0v) is 22.4. The number of piperidine rings is 1. The summed E-state index contributed by atoms with van der Waals surface area (Å²) in [7, 11) is 0. The van der Waals surface area contributed by atoms with Gasteiger partial charge in [0, 0.05) is 42.7 Å². The maximum Gasteiger partial charge on any atom is 0.410 e. The monoisotopic (exact) mass is 559 g/mol. The number of carbonyl (C=O) groups excluding carboxylic acids is 2. The van der Waals surface area contributed by atoms with E-state index in [9.17, 15) is 14.7 Å². The first-order valence-electron chi connectivity index (χ1n) is 12.2. The Bertz CT molecular complexity index is 1360. The molecule has 0 aliphatic carbocycles. The molecular formula is C27H27ClFN3O5S. The standard InChI is InChI=1S/C27H27ClFN3O5S/c1-27(2,35)25-31-13-23(38-25)20-10-21(29)19(24(33)30-12-15-3-5-16(28)6-4-15)11-22(20)37-18-7-8-32-17(9-18)14-36-26(32)34/h3-6,10-11,13,17-18,35H,7-9,12,14H2,1-2H3,(H,30,33)/t17-,18-/m0/s1. The van der Waals surface area contributed by atoms with Crippen molar-refractivity contribution in [3.63, 3.8) is 0 Å². The van der Waals surface area contributed by atoms with E-state index in [2.05, 4.69) is 10.3 Å². The van der Waals surface area contributed by atoms with Crippen molar-refractivity contribution >= 4 is 34.9 Å². The van der Waals surface area contributed by atoms with Crippen LogP contribution in [0.4, 0.5) is 9.18 Å². The molecule has 2 aliphatic heterocycles. The number of nitrogens with one attached hydrogen (secondary N) is 1. The van der Waals surface area contributed by atoms with Crippen LogP contribution in [0.25, 0.3) is 10.4 Å². The fourth-order valence-corrected chi connectivity index (χ4v) is 5.59. The molecule has 3 heterocycles. The Hall–Kier alpha value is -3.21. The summed E-state index contributed by atoms with van der Waals surface area (Å²) in [6.07, 6.45) is 2.10. The second-order valence-electron chi connectivity index (χ2n) is 9.91. The molecule has 0 unspecified atom stereocenters. The first-order valence-corrected chi connectivity index (χ1v) is 13.4. The number of amides is 2. The van der Waals surface area contributed by atoms with Gasteiger partial charge in [-0.1, -0.05) is 23.7 Å². The molecule has 0 saturated carbocycles. The molecule has 2 fully saturated rings. The molecule has 1 aromatic heterocycles. The fourth-order valence-electron chi connectivity index (χ4n) is 4.53. The van der Waals surface area contributed by atoms with Crippen molar-refractivity contribution in [2.24, 2.45) is 0 Å². The number of benzene rings is 2. The van der Waals surface area contributed by atoms with Crippen LogP contribution in [-0.4, -0.2) is 52.3 Å². The van der Waals surface area contributed by atoms with E-state index in [1.54, 1.807) is 49.2 Å². The van der Waals surface area contributed by atoms with Crippen LogP contribution in [0.2, 0.25) is 5.02 Å². The quantitative estimate of drug-likeness (QED) is 0.416. The predicted molar refractivity (Wildman–Crippen MR) is 141 cm³/mol. The highest BCUT2D eigenvalue weighted by Crippen LogP contribution is 2.40. The molecule has 0 radical (unpaired) electrons. The van der Waals surface area contributed by atoms with Gasteiger partial charge in [0.05, 0.1) is 16.5 Å².